The predicted octanol–water partition coefficient (Wildman–Crippen LogP) is -0.0848. The van der Waals surface area contributed by atoms with E-state index in [1.807, 2.05) is 4.90 Å². The summed E-state index contributed by atoms with van der Waals surface area (Å²) in [6.07, 6.45) is 4.37. The van der Waals surface area contributed by atoms with Gasteiger partial charge in [-0.2, -0.15) is 0 Å². The first-order valence-corrected chi connectivity index (χ1v) is 4.72. The third-order valence-corrected chi connectivity index (χ3v) is 2.48. The number of amides is 1. The maximum Gasteiger partial charge on any atom is 0.234 e. The summed E-state index contributed by atoms with van der Waals surface area (Å²) in [6.45, 7) is 1.55. The van der Waals surface area contributed by atoms with Crippen LogP contribution in [-0.2, 0) is 9.59 Å². The molecule has 0 bridgehead atoms. The summed E-state index contributed by atoms with van der Waals surface area (Å²) in [7, 11) is 0. The highest BCUT2D eigenvalue weighted by Gasteiger charge is 2.25. The average molecular weight is 184 g/mol. The first-order chi connectivity index (χ1) is 6.25. The van der Waals surface area contributed by atoms with E-state index in [0.717, 1.165) is 32.1 Å². The van der Waals surface area contributed by atoms with Crippen LogP contribution in [0.1, 0.15) is 25.7 Å². The molecule has 0 aliphatic carbocycles. The molecule has 1 rings (SSSR count). The topological polar surface area (TPSA) is 63.4 Å². The lowest BCUT2D eigenvalue weighted by molar-refractivity contribution is -0.124. The molecule has 1 atom stereocenters. The van der Waals surface area contributed by atoms with Crippen molar-refractivity contribution >= 4 is 12.2 Å². The number of piperidine rings is 1. The van der Waals surface area contributed by atoms with E-state index in [9.17, 15) is 9.59 Å². The van der Waals surface area contributed by atoms with E-state index >= 15 is 0 Å². The molecule has 13 heavy (non-hydrogen) atoms. The van der Waals surface area contributed by atoms with E-state index in [1.165, 1.54) is 0 Å². The van der Waals surface area contributed by atoms with Gasteiger partial charge in [0, 0.05) is 13.0 Å². The molecular weight excluding hydrogens is 168 g/mol. The van der Waals surface area contributed by atoms with E-state index in [0.29, 0.717) is 13.0 Å². The van der Waals surface area contributed by atoms with Crippen molar-refractivity contribution in [2.75, 3.05) is 13.1 Å². The van der Waals surface area contributed by atoms with Gasteiger partial charge in [-0.3, -0.25) is 9.69 Å². The van der Waals surface area contributed by atoms with Crippen LogP contribution in [0.5, 0.6) is 0 Å². The molecule has 0 aromatic heterocycles. The van der Waals surface area contributed by atoms with Gasteiger partial charge < -0.3 is 10.5 Å². The lowest BCUT2D eigenvalue weighted by atomic mass is 10.0. The Balaban J connectivity index is 2.46. The van der Waals surface area contributed by atoms with Gasteiger partial charge in [-0.15, -0.1) is 0 Å². The Bertz CT molecular complexity index is 194. The second kappa shape index (κ2) is 4.97. The Morgan fingerprint density at radius 2 is 2.31 bits per heavy atom. The summed E-state index contributed by atoms with van der Waals surface area (Å²) >= 11 is 0. The molecule has 0 saturated carbocycles. The van der Waals surface area contributed by atoms with Crippen LogP contribution in [0.15, 0.2) is 0 Å². The Hall–Kier alpha value is -0.900. The summed E-state index contributed by atoms with van der Waals surface area (Å²) in [6, 6.07) is -0.145. The molecule has 1 heterocycles. The molecule has 1 aliphatic rings. The van der Waals surface area contributed by atoms with Gasteiger partial charge >= 0.3 is 0 Å². The summed E-state index contributed by atoms with van der Waals surface area (Å²) in [5.41, 5.74) is 5.26. The Kier molecular flexibility index (Phi) is 3.89. The lowest BCUT2D eigenvalue weighted by Crippen LogP contribution is -2.47. The maximum atomic E-state index is 11.0. The molecule has 1 saturated heterocycles. The largest absolute Gasteiger partial charge is 0.368 e. The van der Waals surface area contributed by atoms with E-state index in [2.05, 4.69) is 0 Å². The molecule has 1 unspecified atom stereocenters. The minimum absolute atomic E-state index is 0.145. The zero-order valence-corrected chi connectivity index (χ0v) is 7.74. The molecule has 2 N–H and O–H groups in total. The molecule has 74 valence electrons. The van der Waals surface area contributed by atoms with Crippen molar-refractivity contribution in [3.63, 3.8) is 0 Å². The van der Waals surface area contributed by atoms with Gasteiger partial charge in [0.25, 0.3) is 0 Å². The second-order valence-electron chi connectivity index (χ2n) is 3.41. The second-order valence-corrected chi connectivity index (χ2v) is 3.41. The molecule has 0 aromatic carbocycles. The molecule has 1 fully saturated rings. The molecule has 1 aliphatic heterocycles. The van der Waals surface area contributed by atoms with Gasteiger partial charge in [0.15, 0.2) is 0 Å². The SMILES string of the molecule is NC(=O)C1CCCCN1CCC=O. The molecule has 0 spiro atoms. The van der Waals surface area contributed by atoms with E-state index in [-0.39, 0.29) is 11.9 Å². The Morgan fingerprint density at radius 1 is 1.54 bits per heavy atom. The van der Waals surface area contributed by atoms with Crippen molar-refractivity contribution in [2.45, 2.75) is 31.7 Å². The van der Waals surface area contributed by atoms with Crippen LogP contribution >= 0.6 is 0 Å². The monoisotopic (exact) mass is 184 g/mol. The Morgan fingerprint density at radius 3 is 2.92 bits per heavy atom. The summed E-state index contributed by atoms with van der Waals surface area (Å²) in [5, 5.41) is 0. The highest BCUT2D eigenvalue weighted by molar-refractivity contribution is 5.79. The standard InChI is InChI=1S/C9H16N2O2/c10-9(13)8-4-1-2-5-11(8)6-3-7-12/h7-8H,1-6H2,(H2,10,13). The van der Waals surface area contributed by atoms with Crippen molar-refractivity contribution < 1.29 is 9.59 Å². The van der Waals surface area contributed by atoms with Crippen molar-refractivity contribution in [3.8, 4) is 0 Å². The van der Waals surface area contributed by atoms with Gasteiger partial charge in [-0.05, 0) is 19.4 Å². The molecule has 0 radical (unpaired) electrons. The third kappa shape index (κ3) is 2.81. The predicted molar refractivity (Wildman–Crippen MR) is 49.1 cm³/mol. The highest BCUT2D eigenvalue weighted by atomic mass is 16.1. The minimum atomic E-state index is -0.259. The highest BCUT2D eigenvalue weighted by Crippen LogP contribution is 2.16. The van der Waals surface area contributed by atoms with Gasteiger partial charge in [0.05, 0.1) is 6.04 Å². The quantitative estimate of drug-likeness (QED) is 0.621. The lowest BCUT2D eigenvalue weighted by Gasteiger charge is -2.32. The zero-order chi connectivity index (χ0) is 9.68. The molecule has 0 aromatic rings. The first-order valence-electron chi connectivity index (χ1n) is 4.72. The number of primary amides is 1. The number of likely N-dealkylation sites (tertiary alicyclic amines) is 1. The zero-order valence-electron chi connectivity index (χ0n) is 7.74. The number of hydrogen-bond donors (Lipinski definition) is 1. The number of rotatable bonds is 4. The number of aldehydes is 1. The fourth-order valence-electron chi connectivity index (χ4n) is 1.80. The van der Waals surface area contributed by atoms with E-state index in [1.54, 1.807) is 0 Å². The third-order valence-electron chi connectivity index (χ3n) is 2.48. The van der Waals surface area contributed by atoms with Crippen LogP contribution < -0.4 is 5.73 Å². The number of carbonyl (C=O) groups is 2. The van der Waals surface area contributed by atoms with Crippen molar-refractivity contribution in [3.05, 3.63) is 0 Å². The fourth-order valence-corrected chi connectivity index (χ4v) is 1.80. The van der Waals surface area contributed by atoms with Crippen LogP contribution in [0.25, 0.3) is 0 Å². The average Bonchev–Trinajstić information content (AvgIpc) is 2.15. The van der Waals surface area contributed by atoms with Crippen molar-refractivity contribution in [1.29, 1.82) is 0 Å². The summed E-state index contributed by atoms with van der Waals surface area (Å²) in [4.78, 5) is 23.2. The number of nitrogens with two attached hydrogens (primary N) is 1. The molecule has 1 amide bonds. The van der Waals surface area contributed by atoms with E-state index < -0.39 is 0 Å². The van der Waals surface area contributed by atoms with Crippen LogP contribution in [-0.4, -0.2) is 36.2 Å². The van der Waals surface area contributed by atoms with Crippen molar-refractivity contribution in [1.82, 2.24) is 4.90 Å². The molecular formula is C9H16N2O2. The van der Waals surface area contributed by atoms with Crippen LogP contribution in [0, 0.1) is 0 Å². The van der Waals surface area contributed by atoms with Crippen LogP contribution in [0.2, 0.25) is 0 Å². The normalized spacial score (nSPS) is 24.2. The van der Waals surface area contributed by atoms with Crippen LogP contribution in [0.4, 0.5) is 0 Å². The van der Waals surface area contributed by atoms with Gasteiger partial charge in [-0.25, -0.2) is 0 Å². The fraction of sp³-hybridized carbons (Fsp3) is 0.778. The number of nitrogens with zero attached hydrogens (tertiary/aromatic N) is 1. The molecule has 4 nitrogen and oxygen atoms in total. The smallest absolute Gasteiger partial charge is 0.234 e. The summed E-state index contributed by atoms with van der Waals surface area (Å²) in [5.74, 6) is -0.259. The minimum Gasteiger partial charge on any atom is -0.368 e. The maximum absolute atomic E-state index is 11.0. The Labute approximate surface area is 78.1 Å². The van der Waals surface area contributed by atoms with Crippen molar-refractivity contribution in [2.24, 2.45) is 5.73 Å². The molecule has 4 heteroatoms. The number of carbonyl (C=O) groups excluding carboxylic acids is 2. The van der Waals surface area contributed by atoms with Gasteiger partial charge in [0.1, 0.15) is 6.29 Å². The first kappa shape index (κ1) is 10.2. The van der Waals surface area contributed by atoms with Gasteiger partial charge in [0.2, 0.25) is 5.91 Å². The van der Waals surface area contributed by atoms with Crippen LogP contribution in [0.3, 0.4) is 0 Å². The summed E-state index contributed by atoms with van der Waals surface area (Å²) < 4.78 is 0. The van der Waals surface area contributed by atoms with E-state index in [4.69, 9.17) is 5.73 Å². The van der Waals surface area contributed by atoms with Gasteiger partial charge in [-0.1, -0.05) is 6.42 Å². The number of hydrogen-bond acceptors (Lipinski definition) is 3.